The van der Waals surface area contributed by atoms with Crippen molar-refractivity contribution in [3.8, 4) is 0 Å². The first kappa shape index (κ1) is 9.94. The predicted octanol–water partition coefficient (Wildman–Crippen LogP) is 1.42. The molecule has 11 heavy (non-hydrogen) atoms. The maximum atomic E-state index is 4.81. The third-order valence-electron chi connectivity index (χ3n) is 1.08. The van der Waals surface area contributed by atoms with Crippen molar-refractivity contribution in [2.45, 2.75) is 20.8 Å². The molecule has 0 bridgehead atoms. The first-order valence-corrected chi connectivity index (χ1v) is 3.47. The third kappa shape index (κ3) is 4.36. The van der Waals surface area contributed by atoms with Gasteiger partial charge in [-0.3, -0.25) is 0 Å². The maximum Gasteiger partial charge on any atom is 0.114 e. The average molecular weight is 158 g/mol. The monoisotopic (exact) mass is 158 g/mol. The summed E-state index contributed by atoms with van der Waals surface area (Å²) in [6, 6.07) is 0. The summed E-state index contributed by atoms with van der Waals surface area (Å²) in [4.78, 5) is 9.37. The minimum atomic E-state index is 0.567. The highest BCUT2D eigenvalue weighted by Crippen LogP contribution is 1.86. The zero-order chi connectivity index (χ0) is 8.69. The molecule has 0 spiro atoms. The van der Waals surface area contributed by atoms with Crippen molar-refractivity contribution >= 4 is 11.4 Å². The zero-order valence-corrected chi connectivity index (χ0v) is 7.42. The molecule has 0 aliphatic carbocycles. The van der Waals surface area contributed by atoms with Crippen LogP contribution >= 0.6 is 0 Å². The van der Waals surface area contributed by atoms with Gasteiger partial charge in [0.1, 0.15) is 25.1 Å². The first-order valence-electron chi connectivity index (χ1n) is 3.47. The molecule has 64 valence electrons. The molecule has 0 aromatic carbocycles. The molecule has 0 unspecified atom stereocenters. The molecule has 0 aromatic rings. The fraction of sp³-hybridized carbons (Fsp3) is 0.714. The molecule has 4 nitrogen and oxygen atoms in total. The number of oxime groups is 2. The molecule has 0 aliphatic heterocycles. The van der Waals surface area contributed by atoms with Crippen LogP contribution in [0.3, 0.4) is 0 Å². The molecular formula is C7H14N2O2. The SMILES string of the molecule is CCO/N=C(C)\C(C)=N/OC. The van der Waals surface area contributed by atoms with Crippen LogP contribution in [0.4, 0.5) is 0 Å². The van der Waals surface area contributed by atoms with E-state index in [1.165, 1.54) is 7.11 Å². The maximum absolute atomic E-state index is 4.81. The summed E-state index contributed by atoms with van der Waals surface area (Å²) in [7, 11) is 1.50. The summed E-state index contributed by atoms with van der Waals surface area (Å²) in [6.45, 7) is 6.06. The van der Waals surface area contributed by atoms with Crippen molar-refractivity contribution in [3.05, 3.63) is 0 Å². The van der Waals surface area contributed by atoms with Crippen LogP contribution < -0.4 is 0 Å². The molecule has 4 heteroatoms. The van der Waals surface area contributed by atoms with Gasteiger partial charge in [-0.15, -0.1) is 0 Å². The van der Waals surface area contributed by atoms with Crippen molar-refractivity contribution in [2.24, 2.45) is 10.3 Å². The van der Waals surface area contributed by atoms with E-state index in [0.29, 0.717) is 6.61 Å². The lowest BCUT2D eigenvalue weighted by atomic mass is 10.3. The van der Waals surface area contributed by atoms with Crippen LogP contribution in [0.5, 0.6) is 0 Å². The number of hydrogen-bond acceptors (Lipinski definition) is 4. The van der Waals surface area contributed by atoms with Crippen LogP contribution in [0.15, 0.2) is 10.3 Å². The normalized spacial score (nSPS) is 13.1. The van der Waals surface area contributed by atoms with Gasteiger partial charge in [0.05, 0.1) is 0 Å². The van der Waals surface area contributed by atoms with E-state index in [1.807, 2.05) is 13.8 Å². The van der Waals surface area contributed by atoms with E-state index in [1.54, 1.807) is 6.92 Å². The van der Waals surface area contributed by atoms with E-state index in [0.717, 1.165) is 11.4 Å². The Morgan fingerprint density at radius 3 is 2.18 bits per heavy atom. The van der Waals surface area contributed by atoms with Crippen LogP contribution in [0.1, 0.15) is 20.8 Å². The smallest absolute Gasteiger partial charge is 0.114 e. The van der Waals surface area contributed by atoms with Crippen LogP contribution in [0.25, 0.3) is 0 Å². The lowest BCUT2D eigenvalue weighted by Crippen LogP contribution is -2.06. The molecule has 0 atom stereocenters. The molecule has 0 aromatic heterocycles. The topological polar surface area (TPSA) is 43.2 Å². The second-order valence-electron chi connectivity index (χ2n) is 1.95. The van der Waals surface area contributed by atoms with Crippen LogP contribution in [-0.2, 0) is 9.68 Å². The van der Waals surface area contributed by atoms with Gasteiger partial charge in [0.15, 0.2) is 0 Å². The summed E-state index contributed by atoms with van der Waals surface area (Å²) in [5.74, 6) is 0. The third-order valence-corrected chi connectivity index (χ3v) is 1.08. The van der Waals surface area contributed by atoms with Gasteiger partial charge in [0.2, 0.25) is 0 Å². The highest BCUT2D eigenvalue weighted by atomic mass is 16.6. The second kappa shape index (κ2) is 5.70. The Balaban J connectivity index is 4.00. The van der Waals surface area contributed by atoms with Crippen molar-refractivity contribution in [2.75, 3.05) is 13.7 Å². The summed E-state index contributed by atoms with van der Waals surface area (Å²) in [5, 5.41) is 7.45. The highest BCUT2D eigenvalue weighted by molar-refractivity contribution is 6.40. The van der Waals surface area contributed by atoms with Crippen molar-refractivity contribution in [1.29, 1.82) is 0 Å². The van der Waals surface area contributed by atoms with Crippen molar-refractivity contribution in [1.82, 2.24) is 0 Å². The van der Waals surface area contributed by atoms with Crippen LogP contribution in [0, 0.1) is 0 Å². The molecular weight excluding hydrogens is 144 g/mol. The number of hydrogen-bond donors (Lipinski definition) is 0. The Bertz CT molecular complexity index is 164. The lowest BCUT2D eigenvalue weighted by Gasteiger charge is -1.97. The molecule has 0 aliphatic rings. The van der Waals surface area contributed by atoms with Crippen LogP contribution in [-0.4, -0.2) is 25.1 Å². The standard InChI is InChI=1S/C7H14N2O2/c1-5-11-9-7(3)6(2)8-10-4/h5H2,1-4H3/b8-6-,9-7-. The fourth-order valence-corrected chi connectivity index (χ4v) is 0.430. The van der Waals surface area contributed by atoms with Gasteiger partial charge in [0, 0.05) is 0 Å². The Kier molecular flexibility index (Phi) is 5.15. The lowest BCUT2D eigenvalue weighted by molar-refractivity contribution is 0.159. The van der Waals surface area contributed by atoms with Gasteiger partial charge in [-0.2, -0.15) is 0 Å². The van der Waals surface area contributed by atoms with Gasteiger partial charge in [-0.05, 0) is 20.8 Å². The number of rotatable bonds is 4. The Labute approximate surface area is 66.9 Å². The Morgan fingerprint density at radius 1 is 1.18 bits per heavy atom. The largest absolute Gasteiger partial charge is 0.399 e. The van der Waals surface area contributed by atoms with Gasteiger partial charge in [0.25, 0.3) is 0 Å². The van der Waals surface area contributed by atoms with E-state index in [-0.39, 0.29) is 0 Å². The number of nitrogens with zero attached hydrogens (tertiary/aromatic N) is 2. The van der Waals surface area contributed by atoms with Crippen LogP contribution in [0.2, 0.25) is 0 Å². The Hall–Kier alpha value is -1.06. The van der Waals surface area contributed by atoms with E-state index < -0.39 is 0 Å². The fourth-order valence-electron chi connectivity index (χ4n) is 0.430. The Morgan fingerprint density at radius 2 is 1.73 bits per heavy atom. The molecule has 0 radical (unpaired) electrons. The minimum Gasteiger partial charge on any atom is -0.399 e. The molecule has 0 fully saturated rings. The molecule has 0 N–H and O–H groups in total. The second-order valence-corrected chi connectivity index (χ2v) is 1.95. The molecule has 0 rings (SSSR count). The summed E-state index contributed by atoms with van der Waals surface area (Å²) < 4.78 is 0. The van der Waals surface area contributed by atoms with Crippen molar-refractivity contribution < 1.29 is 9.68 Å². The minimum absolute atomic E-state index is 0.567. The van der Waals surface area contributed by atoms with E-state index in [4.69, 9.17) is 4.84 Å². The molecule has 0 saturated heterocycles. The van der Waals surface area contributed by atoms with E-state index in [9.17, 15) is 0 Å². The van der Waals surface area contributed by atoms with E-state index >= 15 is 0 Å². The zero-order valence-electron chi connectivity index (χ0n) is 7.42. The highest BCUT2D eigenvalue weighted by Gasteiger charge is 1.96. The predicted molar refractivity (Wildman–Crippen MR) is 44.9 cm³/mol. The van der Waals surface area contributed by atoms with Gasteiger partial charge >= 0.3 is 0 Å². The molecule has 0 amide bonds. The summed E-state index contributed by atoms with van der Waals surface area (Å²) in [5.41, 5.74) is 1.45. The van der Waals surface area contributed by atoms with Crippen molar-refractivity contribution in [3.63, 3.8) is 0 Å². The first-order chi connectivity index (χ1) is 5.22. The van der Waals surface area contributed by atoms with Gasteiger partial charge < -0.3 is 9.68 Å². The van der Waals surface area contributed by atoms with Gasteiger partial charge in [-0.25, -0.2) is 0 Å². The van der Waals surface area contributed by atoms with E-state index in [2.05, 4.69) is 15.1 Å². The summed E-state index contributed by atoms with van der Waals surface area (Å²) >= 11 is 0. The summed E-state index contributed by atoms with van der Waals surface area (Å²) in [6.07, 6.45) is 0. The quantitative estimate of drug-likeness (QED) is 0.458. The van der Waals surface area contributed by atoms with Gasteiger partial charge in [-0.1, -0.05) is 10.3 Å². The average Bonchev–Trinajstić information content (AvgIpc) is 2.00. The molecule has 0 saturated carbocycles. The molecule has 0 heterocycles.